The van der Waals surface area contributed by atoms with Crippen LogP contribution >= 0.6 is 23.2 Å². The highest BCUT2D eigenvalue weighted by molar-refractivity contribution is 7.89. The summed E-state index contributed by atoms with van der Waals surface area (Å²) in [6, 6.07) is 2.84. The second kappa shape index (κ2) is 5.25. The molecule has 0 amide bonds. The van der Waals surface area contributed by atoms with E-state index in [1.165, 1.54) is 23.5 Å². The lowest BCUT2D eigenvalue weighted by atomic mass is 10.3. The van der Waals surface area contributed by atoms with Crippen LogP contribution in [0.2, 0.25) is 10.0 Å². The number of ether oxygens (including phenoxy) is 1. The van der Waals surface area contributed by atoms with E-state index in [0.717, 1.165) is 12.8 Å². The monoisotopic (exact) mass is 309 g/mol. The van der Waals surface area contributed by atoms with E-state index in [0.29, 0.717) is 13.1 Å². The predicted octanol–water partition coefficient (Wildman–Crippen LogP) is 2.79. The van der Waals surface area contributed by atoms with E-state index < -0.39 is 10.0 Å². The van der Waals surface area contributed by atoms with Gasteiger partial charge >= 0.3 is 0 Å². The van der Waals surface area contributed by atoms with E-state index in [4.69, 9.17) is 27.9 Å². The minimum absolute atomic E-state index is 0.0319. The second-order valence-electron chi connectivity index (χ2n) is 4.03. The Hall–Kier alpha value is -0.490. The lowest BCUT2D eigenvalue weighted by Gasteiger charge is -2.18. The Kier molecular flexibility index (Phi) is 4.06. The molecule has 4 nitrogen and oxygen atoms in total. The number of benzene rings is 1. The quantitative estimate of drug-likeness (QED) is 0.862. The summed E-state index contributed by atoms with van der Waals surface area (Å²) in [7, 11) is -2.20. The van der Waals surface area contributed by atoms with Gasteiger partial charge in [0.1, 0.15) is 4.90 Å². The van der Waals surface area contributed by atoms with Crippen LogP contribution in [0.25, 0.3) is 0 Å². The standard InChI is InChI=1S/C11H13Cl2NO3S/c1-17-11-9(13)6-8(12)7-10(11)18(15,16)14-4-2-3-5-14/h6-7H,2-5H2,1H3. The number of nitrogens with zero attached hydrogens (tertiary/aromatic N) is 1. The van der Waals surface area contributed by atoms with Gasteiger partial charge in [0.15, 0.2) is 5.75 Å². The zero-order valence-electron chi connectivity index (χ0n) is 9.82. The van der Waals surface area contributed by atoms with Crippen molar-refractivity contribution in [2.75, 3.05) is 20.2 Å². The topological polar surface area (TPSA) is 46.6 Å². The first-order chi connectivity index (χ1) is 8.46. The Labute approximate surface area is 116 Å². The van der Waals surface area contributed by atoms with E-state index in [1.807, 2.05) is 0 Å². The molecule has 1 aromatic rings. The molecule has 100 valence electrons. The fourth-order valence-corrected chi connectivity index (χ4v) is 4.41. The van der Waals surface area contributed by atoms with Gasteiger partial charge in [0, 0.05) is 18.1 Å². The van der Waals surface area contributed by atoms with Gasteiger partial charge in [-0.05, 0) is 25.0 Å². The minimum Gasteiger partial charge on any atom is -0.494 e. The summed E-state index contributed by atoms with van der Waals surface area (Å²) in [5.74, 6) is 0.146. The normalized spacial score (nSPS) is 17.1. The average molecular weight is 310 g/mol. The third-order valence-corrected chi connectivity index (χ3v) is 5.26. The molecule has 1 aliphatic heterocycles. The fraction of sp³-hybridized carbons (Fsp3) is 0.455. The maximum absolute atomic E-state index is 12.4. The molecule has 0 aromatic heterocycles. The summed E-state index contributed by atoms with van der Waals surface area (Å²) in [4.78, 5) is 0.0319. The number of methoxy groups -OCH3 is 1. The van der Waals surface area contributed by atoms with Crippen LogP contribution in [0.5, 0.6) is 5.75 Å². The van der Waals surface area contributed by atoms with Gasteiger partial charge in [0.2, 0.25) is 10.0 Å². The van der Waals surface area contributed by atoms with Gasteiger partial charge in [-0.25, -0.2) is 8.42 Å². The zero-order chi connectivity index (χ0) is 13.3. The van der Waals surface area contributed by atoms with Crippen LogP contribution in [-0.2, 0) is 10.0 Å². The van der Waals surface area contributed by atoms with Crippen molar-refractivity contribution in [1.82, 2.24) is 4.31 Å². The Morgan fingerprint density at radius 1 is 1.22 bits per heavy atom. The highest BCUT2D eigenvalue weighted by Crippen LogP contribution is 2.37. The maximum Gasteiger partial charge on any atom is 0.246 e. The highest BCUT2D eigenvalue weighted by Gasteiger charge is 2.31. The van der Waals surface area contributed by atoms with Crippen LogP contribution in [0.3, 0.4) is 0 Å². The first kappa shape index (κ1) is 13.9. The number of hydrogen-bond acceptors (Lipinski definition) is 3. The molecule has 1 saturated heterocycles. The van der Waals surface area contributed by atoms with Crippen LogP contribution in [-0.4, -0.2) is 32.9 Å². The molecule has 0 atom stereocenters. The molecule has 1 aromatic carbocycles. The maximum atomic E-state index is 12.4. The average Bonchev–Trinajstić information content (AvgIpc) is 2.82. The van der Waals surface area contributed by atoms with Gasteiger partial charge in [0.05, 0.1) is 12.1 Å². The van der Waals surface area contributed by atoms with Crippen LogP contribution in [0.15, 0.2) is 17.0 Å². The first-order valence-electron chi connectivity index (χ1n) is 5.50. The lowest BCUT2D eigenvalue weighted by molar-refractivity contribution is 0.398. The number of rotatable bonds is 3. The molecule has 0 N–H and O–H groups in total. The second-order valence-corrected chi connectivity index (χ2v) is 6.78. The minimum atomic E-state index is -3.59. The predicted molar refractivity (Wildman–Crippen MR) is 71.0 cm³/mol. The summed E-state index contributed by atoms with van der Waals surface area (Å²) in [6.45, 7) is 1.05. The van der Waals surface area contributed by atoms with Gasteiger partial charge in [0.25, 0.3) is 0 Å². The molecule has 2 rings (SSSR count). The Morgan fingerprint density at radius 2 is 1.83 bits per heavy atom. The van der Waals surface area contributed by atoms with Crippen LogP contribution in [0.4, 0.5) is 0 Å². The Bertz CT molecular complexity index is 554. The van der Waals surface area contributed by atoms with Crippen molar-refractivity contribution >= 4 is 33.2 Å². The molecule has 7 heteroatoms. The molecule has 0 radical (unpaired) electrons. The van der Waals surface area contributed by atoms with Crippen molar-refractivity contribution in [2.24, 2.45) is 0 Å². The van der Waals surface area contributed by atoms with Crippen molar-refractivity contribution in [3.63, 3.8) is 0 Å². The number of halogens is 2. The molecule has 1 aliphatic rings. The lowest BCUT2D eigenvalue weighted by Crippen LogP contribution is -2.28. The summed E-state index contributed by atoms with van der Waals surface area (Å²) < 4.78 is 31.4. The molecular formula is C11H13Cl2NO3S. The van der Waals surface area contributed by atoms with E-state index >= 15 is 0 Å². The first-order valence-corrected chi connectivity index (χ1v) is 7.69. The van der Waals surface area contributed by atoms with Crippen molar-refractivity contribution in [3.8, 4) is 5.75 Å². The van der Waals surface area contributed by atoms with E-state index in [1.54, 1.807) is 0 Å². The zero-order valence-corrected chi connectivity index (χ0v) is 12.1. The van der Waals surface area contributed by atoms with E-state index in [9.17, 15) is 8.42 Å². The van der Waals surface area contributed by atoms with Crippen molar-refractivity contribution < 1.29 is 13.2 Å². The Balaban J connectivity index is 2.55. The van der Waals surface area contributed by atoms with E-state index in [-0.39, 0.29) is 20.7 Å². The van der Waals surface area contributed by atoms with E-state index in [2.05, 4.69) is 0 Å². The highest BCUT2D eigenvalue weighted by atomic mass is 35.5. The summed E-state index contributed by atoms with van der Waals surface area (Å²) in [6.07, 6.45) is 1.74. The summed E-state index contributed by atoms with van der Waals surface area (Å²) in [5, 5.41) is 0.473. The molecule has 18 heavy (non-hydrogen) atoms. The van der Waals surface area contributed by atoms with Gasteiger partial charge in [-0.3, -0.25) is 0 Å². The molecular weight excluding hydrogens is 297 g/mol. The van der Waals surface area contributed by atoms with Gasteiger partial charge < -0.3 is 4.74 Å². The Morgan fingerprint density at radius 3 is 2.39 bits per heavy atom. The fourth-order valence-electron chi connectivity index (χ4n) is 1.99. The molecule has 0 aliphatic carbocycles. The van der Waals surface area contributed by atoms with Crippen molar-refractivity contribution in [3.05, 3.63) is 22.2 Å². The van der Waals surface area contributed by atoms with Crippen LogP contribution < -0.4 is 4.74 Å². The van der Waals surface area contributed by atoms with Gasteiger partial charge in [-0.2, -0.15) is 4.31 Å². The largest absolute Gasteiger partial charge is 0.494 e. The van der Waals surface area contributed by atoms with Crippen molar-refractivity contribution in [2.45, 2.75) is 17.7 Å². The van der Waals surface area contributed by atoms with Crippen molar-refractivity contribution in [1.29, 1.82) is 0 Å². The van der Waals surface area contributed by atoms with Crippen LogP contribution in [0.1, 0.15) is 12.8 Å². The SMILES string of the molecule is COc1c(Cl)cc(Cl)cc1S(=O)(=O)N1CCCC1. The molecule has 0 saturated carbocycles. The molecule has 1 heterocycles. The van der Waals surface area contributed by atoms with Gasteiger partial charge in [-0.15, -0.1) is 0 Å². The summed E-state index contributed by atoms with van der Waals surface area (Å²) in [5.41, 5.74) is 0. The molecule has 0 bridgehead atoms. The third-order valence-electron chi connectivity index (χ3n) is 2.86. The van der Waals surface area contributed by atoms with Gasteiger partial charge in [-0.1, -0.05) is 23.2 Å². The number of hydrogen-bond donors (Lipinski definition) is 0. The molecule has 1 fully saturated rings. The third kappa shape index (κ3) is 2.45. The number of sulfonamides is 1. The molecule has 0 unspecified atom stereocenters. The summed E-state index contributed by atoms with van der Waals surface area (Å²) >= 11 is 11.8. The smallest absolute Gasteiger partial charge is 0.246 e. The van der Waals surface area contributed by atoms with Crippen LogP contribution in [0, 0.1) is 0 Å². The molecule has 0 spiro atoms.